The second kappa shape index (κ2) is 10.4. The summed E-state index contributed by atoms with van der Waals surface area (Å²) in [7, 11) is 3.93. The average Bonchev–Trinajstić information content (AvgIpc) is 2.62. The molecule has 0 bridgehead atoms. The van der Waals surface area contributed by atoms with Gasteiger partial charge in [0.15, 0.2) is 5.96 Å². The van der Waals surface area contributed by atoms with E-state index in [1.54, 1.807) is 7.05 Å². The Bertz CT molecular complexity index is 598. The summed E-state index contributed by atoms with van der Waals surface area (Å²) < 4.78 is 0. The maximum Gasteiger partial charge on any atom is 0.191 e. The van der Waals surface area contributed by atoms with Gasteiger partial charge in [-0.1, -0.05) is 36.4 Å². The zero-order valence-corrected chi connectivity index (χ0v) is 14.6. The standard InChI is InChI=1S/C19H27N5/c1-20-19(22-13-11-18-10-6-7-12-21-18)23-14-15-24(2)16-17-8-4-3-5-9-17/h3-10,12H,11,13-16H2,1-2H3,(H2,20,22,23). The second-order valence-corrected chi connectivity index (χ2v) is 5.72. The van der Waals surface area contributed by atoms with Crippen LogP contribution in [0, 0.1) is 0 Å². The number of pyridine rings is 1. The zero-order valence-electron chi connectivity index (χ0n) is 14.6. The molecule has 0 saturated heterocycles. The van der Waals surface area contributed by atoms with Crippen LogP contribution in [0.1, 0.15) is 11.3 Å². The van der Waals surface area contributed by atoms with Crippen molar-refractivity contribution in [2.75, 3.05) is 33.7 Å². The molecule has 1 aromatic heterocycles. The Balaban J connectivity index is 1.62. The van der Waals surface area contributed by atoms with Gasteiger partial charge in [0, 0.05) is 51.5 Å². The van der Waals surface area contributed by atoms with Gasteiger partial charge in [0.25, 0.3) is 0 Å². The fourth-order valence-electron chi connectivity index (χ4n) is 2.41. The number of guanidine groups is 1. The van der Waals surface area contributed by atoms with E-state index in [-0.39, 0.29) is 0 Å². The number of likely N-dealkylation sites (N-methyl/N-ethyl adjacent to an activating group) is 1. The summed E-state index contributed by atoms with van der Waals surface area (Å²) in [5.41, 5.74) is 2.42. The van der Waals surface area contributed by atoms with Crippen LogP contribution in [-0.2, 0) is 13.0 Å². The number of benzene rings is 1. The first-order chi connectivity index (χ1) is 11.8. The van der Waals surface area contributed by atoms with Gasteiger partial charge in [0.2, 0.25) is 0 Å². The number of nitrogens with zero attached hydrogens (tertiary/aromatic N) is 3. The van der Waals surface area contributed by atoms with Crippen molar-refractivity contribution in [3.63, 3.8) is 0 Å². The highest BCUT2D eigenvalue weighted by Gasteiger charge is 2.02. The van der Waals surface area contributed by atoms with E-state index in [9.17, 15) is 0 Å². The Labute approximate surface area is 144 Å². The highest BCUT2D eigenvalue weighted by molar-refractivity contribution is 5.79. The molecule has 2 aromatic rings. The van der Waals surface area contributed by atoms with Crippen LogP contribution in [0.15, 0.2) is 59.7 Å². The number of aromatic nitrogens is 1. The number of hydrogen-bond donors (Lipinski definition) is 2. The van der Waals surface area contributed by atoms with Gasteiger partial charge >= 0.3 is 0 Å². The minimum absolute atomic E-state index is 0.816. The number of aliphatic imine (C=N–C) groups is 1. The second-order valence-electron chi connectivity index (χ2n) is 5.72. The summed E-state index contributed by atoms with van der Waals surface area (Å²) in [5, 5.41) is 6.67. The van der Waals surface area contributed by atoms with Crippen molar-refractivity contribution in [2.24, 2.45) is 4.99 Å². The van der Waals surface area contributed by atoms with Gasteiger partial charge in [-0.3, -0.25) is 9.98 Å². The molecule has 0 atom stereocenters. The normalized spacial score (nSPS) is 11.5. The van der Waals surface area contributed by atoms with Crippen LogP contribution < -0.4 is 10.6 Å². The predicted octanol–water partition coefficient (Wildman–Crippen LogP) is 1.92. The van der Waals surface area contributed by atoms with Gasteiger partial charge in [0.05, 0.1) is 0 Å². The lowest BCUT2D eigenvalue weighted by Crippen LogP contribution is -2.41. The molecule has 0 aliphatic heterocycles. The van der Waals surface area contributed by atoms with Crippen LogP contribution in [0.5, 0.6) is 0 Å². The molecule has 1 aromatic carbocycles. The quantitative estimate of drug-likeness (QED) is 0.575. The molecule has 24 heavy (non-hydrogen) atoms. The Hall–Kier alpha value is -2.40. The monoisotopic (exact) mass is 325 g/mol. The smallest absolute Gasteiger partial charge is 0.191 e. The lowest BCUT2D eigenvalue weighted by molar-refractivity contribution is 0.331. The Morgan fingerprint density at radius 1 is 1.04 bits per heavy atom. The number of rotatable bonds is 8. The molecule has 0 fully saturated rings. The molecular weight excluding hydrogens is 298 g/mol. The van der Waals surface area contributed by atoms with Gasteiger partial charge in [-0.05, 0) is 24.7 Å². The Kier molecular flexibility index (Phi) is 7.77. The molecular formula is C19H27N5. The summed E-state index contributed by atoms with van der Waals surface area (Å²) in [6, 6.07) is 16.5. The molecule has 128 valence electrons. The van der Waals surface area contributed by atoms with Crippen LogP contribution in [-0.4, -0.2) is 49.6 Å². The van der Waals surface area contributed by atoms with Crippen LogP contribution in [0.25, 0.3) is 0 Å². The average molecular weight is 325 g/mol. The molecule has 0 amide bonds. The van der Waals surface area contributed by atoms with Crippen LogP contribution in [0.2, 0.25) is 0 Å². The molecule has 2 N–H and O–H groups in total. The summed E-state index contributed by atoms with van der Waals surface area (Å²) in [6.07, 6.45) is 2.71. The topological polar surface area (TPSA) is 52.6 Å². The minimum atomic E-state index is 0.816. The van der Waals surface area contributed by atoms with Gasteiger partial charge in [0.1, 0.15) is 0 Å². The third kappa shape index (κ3) is 6.79. The molecule has 0 spiro atoms. The van der Waals surface area contributed by atoms with E-state index < -0.39 is 0 Å². The number of hydrogen-bond acceptors (Lipinski definition) is 3. The van der Waals surface area contributed by atoms with Crippen molar-refractivity contribution in [1.82, 2.24) is 20.5 Å². The van der Waals surface area contributed by atoms with E-state index in [1.165, 1.54) is 5.56 Å². The maximum atomic E-state index is 4.32. The molecule has 5 nitrogen and oxygen atoms in total. The van der Waals surface area contributed by atoms with E-state index in [4.69, 9.17) is 0 Å². The first-order valence-corrected chi connectivity index (χ1v) is 8.35. The molecule has 0 unspecified atom stereocenters. The third-order valence-corrected chi connectivity index (χ3v) is 3.70. The van der Waals surface area contributed by atoms with Crippen LogP contribution in [0.4, 0.5) is 0 Å². The van der Waals surface area contributed by atoms with Crippen LogP contribution >= 0.6 is 0 Å². The molecule has 5 heteroatoms. The van der Waals surface area contributed by atoms with Crippen molar-refractivity contribution >= 4 is 5.96 Å². The highest BCUT2D eigenvalue weighted by atomic mass is 15.2. The molecule has 0 radical (unpaired) electrons. The summed E-state index contributed by atoms with van der Waals surface area (Å²) >= 11 is 0. The first-order valence-electron chi connectivity index (χ1n) is 8.35. The summed E-state index contributed by atoms with van der Waals surface area (Å²) in [4.78, 5) is 10.9. The third-order valence-electron chi connectivity index (χ3n) is 3.70. The number of nitrogens with one attached hydrogen (secondary N) is 2. The van der Waals surface area contributed by atoms with E-state index >= 15 is 0 Å². The minimum Gasteiger partial charge on any atom is -0.356 e. The fraction of sp³-hybridized carbons (Fsp3) is 0.368. The van der Waals surface area contributed by atoms with E-state index in [2.05, 4.69) is 56.8 Å². The highest BCUT2D eigenvalue weighted by Crippen LogP contribution is 2.01. The van der Waals surface area contributed by atoms with Crippen molar-refractivity contribution in [2.45, 2.75) is 13.0 Å². The lowest BCUT2D eigenvalue weighted by atomic mass is 10.2. The van der Waals surface area contributed by atoms with Gasteiger partial charge in [-0.25, -0.2) is 0 Å². The lowest BCUT2D eigenvalue weighted by Gasteiger charge is -2.18. The van der Waals surface area contributed by atoms with Crippen molar-refractivity contribution in [3.8, 4) is 0 Å². The Morgan fingerprint density at radius 3 is 2.50 bits per heavy atom. The van der Waals surface area contributed by atoms with Gasteiger partial charge in [-0.2, -0.15) is 0 Å². The van der Waals surface area contributed by atoms with Gasteiger partial charge in [-0.15, -0.1) is 0 Å². The molecule has 0 aliphatic rings. The molecule has 2 rings (SSSR count). The SMILES string of the molecule is CN=C(NCCc1ccccn1)NCCN(C)Cc1ccccc1. The molecule has 1 heterocycles. The van der Waals surface area contributed by atoms with Crippen molar-refractivity contribution < 1.29 is 0 Å². The van der Waals surface area contributed by atoms with Crippen molar-refractivity contribution in [3.05, 3.63) is 66.0 Å². The van der Waals surface area contributed by atoms with E-state index in [0.717, 1.165) is 44.3 Å². The van der Waals surface area contributed by atoms with Gasteiger partial charge < -0.3 is 15.5 Å². The first kappa shape index (κ1) is 17.9. The predicted molar refractivity (Wildman–Crippen MR) is 100 cm³/mol. The Morgan fingerprint density at radius 2 is 1.79 bits per heavy atom. The van der Waals surface area contributed by atoms with E-state index in [1.807, 2.05) is 30.5 Å². The van der Waals surface area contributed by atoms with Crippen molar-refractivity contribution in [1.29, 1.82) is 0 Å². The maximum absolute atomic E-state index is 4.32. The summed E-state index contributed by atoms with van der Waals surface area (Å²) in [6.45, 7) is 3.58. The molecule has 0 aliphatic carbocycles. The fourth-order valence-corrected chi connectivity index (χ4v) is 2.41. The molecule has 0 saturated carbocycles. The van der Waals surface area contributed by atoms with Crippen LogP contribution in [0.3, 0.4) is 0 Å². The summed E-state index contributed by atoms with van der Waals surface area (Å²) in [5.74, 6) is 0.832. The van der Waals surface area contributed by atoms with E-state index in [0.29, 0.717) is 0 Å². The zero-order chi connectivity index (χ0) is 17.0. The largest absolute Gasteiger partial charge is 0.356 e.